The molecule has 1 atom stereocenters. The number of anilines is 1. The molecule has 0 aliphatic rings. The zero-order valence-corrected chi connectivity index (χ0v) is 17.0. The van der Waals surface area contributed by atoms with Gasteiger partial charge in [-0.3, -0.25) is 9.10 Å². The molecule has 2 aromatic rings. The number of carbonyl (C=O) groups is 1. The van der Waals surface area contributed by atoms with Crippen molar-refractivity contribution in [3.05, 3.63) is 65.7 Å². The Balaban J connectivity index is 2.00. The number of para-hydroxylation sites is 1. The van der Waals surface area contributed by atoms with E-state index in [-0.39, 0.29) is 12.5 Å². The first-order valence-electron chi connectivity index (χ1n) is 9.15. The van der Waals surface area contributed by atoms with Crippen LogP contribution in [0.5, 0.6) is 0 Å². The van der Waals surface area contributed by atoms with Gasteiger partial charge in [-0.1, -0.05) is 61.9 Å². The van der Waals surface area contributed by atoms with Crippen LogP contribution in [-0.2, 0) is 21.2 Å². The van der Waals surface area contributed by atoms with Crippen LogP contribution < -0.4 is 9.62 Å². The van der Waals surface area contributed by atoms with Gasteiger partial charge in [0, 0.05) is 6.54 Å². The van der Waals surface area contributed by atoms with Crippen LogP contribution in [0.25, 0.3) is 0 Å². The van der Waals surface area contributed by atoms with E-state index in [9.17, 15) is 13.2 Å². The molecule has 146 valence electrons. The van der Waals surface area contributed by atoms with Gasteiger partial charge >= 0.3 is 0 Å². The molecule has 1 amide bonds. The first-order chi connectivity index (χ1) is 12.8. The van der Waals surface area contributed by atoms with E-state index in [1.54, 1.807) is 12.1 Å². The summed E-state index contributed by atoms with van der Waals surface area (Å²) in [6.45, 7) is 4.23. The van der Waals surface area contributed by atoms with Gasteiger partial charge in [0.15, 0.2) is 0 Å². The lowest BCUT2D eigenvalue weighted by Crippen LogP contribution is -2.42. The van der Waals surface area contributed by atoms with Crippen molar-refractivity contribution in [3.8, 4) is 0 Å². The summed E-state index contributed by atoms with van der Waals surface area (Å²) in [4.78, 5) is 12.4. The Labute approximate surface area is 162 Å². The highest BCUT2D eigenvalue weighted by atomic mass is 32.2. The molecule has 0 aliphatic heterocycles. The highest BCUT2D eigenvalue weighted by Crippen LogP contribution is 2.21. The number of amides is 1. The van der Waals surface area contributed by atoms with E-state index in [1.807, 2.05) is 37.3 Å². The summed E-state index contributed by atoms with van der Waals surface area (Å²) in [6.07, 6.45) is 2.94. The highest BCUT2D eigenvalue weighted by molar-refractivity contribution is 7.92. The summed E-state index contributed by atoms with van der Waals surface area (Å²) in [6, 6.07) is 17.3. The molecule has 6 heteroatoms. The molecule has 27 heavy (non-hydrogen) atoms. The number of hydrogen-bond donors (Lipinski definition) is 1. The van der Waals surface area contributed by atoms with E-state index in [1.165, 1.54) is 5.56 Å². The van der Waals surface area contributed by atoms with Crippen LogP contribution in [0.4, 0.5) is 5.69 Å². The van der Waals surface area contributed by atoms with Gasteiger partial charge in [-0.05, 0) is 36.5 Å². The van der Waals surface area contributed by atoms with Gasteiger partial charge in [0.25, 0.3) is 0 Å². The van der Waals surface area contributed by atoms with E-state index >= 15 is 0 Å². The van der Waals surface area contributed by atoms with E-state index in [4.69, 9.17) is 0 Å². The fourth-order valence-corrected chi connectivity index (χ4v) is 3.89. The third-order valence-corrected chi connectivity index (χ3v) is 5.73. The third-order valence-electron chi connectivity index (χ3n) is 4.60. The fraction of sp³-hybridized carbons (Fsp3) is 0.381. The Hall–Kier alpha value is -2.34. The molecule has 2 rings (SSSR count). The van der Waals surface area contributed by atoms with Crippen LogP contribution in [0, 0.1) is 12.8 Å². The van der Waals surface area contributed by atoms with Gasteiger partial charge in [-0.25, -0.2) is 8.42 Å². The number of sulfonamides is 1. The molecule has 0 aliphatic carbocycles. The lowest BCUT2D eigenvalue weighted by molar-refractivity contribution is -0.119. The molecule has 1 unspecified atom stereocenters. The fourth-order valence-electron chi connectivity index (χ4n) is 2.98. The summed E-state index contributed by atoms with van der Waals surface area (Å²) in [5.74, 6) is 0.0108. The van der Waals surface area contributed by atoms with Crippen LogP contribution in [0.2, 0.25) is 0 Å². The number of nitrogens with one attached hydrogen (secondary N) is 1. The molecule has 2 aromatic carbocycles. The van der Waals surface area contributed by atoms with Crippen LogP contribution in [0.3, 0.4) is 0 Å². The number of carbonyl (C=O) groups excluding carboxylic acids is 1. The van der Waals surface area contributed by atoms with E-state index in [0.717, 1.165) is 29.0 Å². The average Bonchev–Trinajstić information content (AvgIpc) is 2.64. The van der Waals surface area contributed by atoms with Gasteiger partial charge in [-0.2, -0.15) is 0 Å². The van der Waals surface area contributed by atoms with Crippen molar-refractivity contribution in [2.75, 3.05) is 23.7 Å². The molecule has 0 fully saturated rings. The van der Waals surface area contributed by atoms with Crippen molar-refractivity contribution >= 4 is 21.6 Å². The molecule has 0 bridgehead atoms. The number of rotatable bonds is 9. The summed E-state index contributed by atoms with van der Waals surface area (Å²) in [7, 11) is -3.56. The molecular weight excluding hydrogens is 360 g/mol. The second-order valence-electron chi connectivity index (χ2n) is 6.82. The van der Waals surface area contributed by atoms with Crippen LogP contribution >= 0.6 is 0 Å². The van der Waals surface area contributed by atoms with Crippen molar-refractivity contribution in [3.63, 3.8) is 0 Å². The summed E-state index contributed by atoms with van der Waals surface area (Å²) < 4.78 is 25.6. The largest absolute Gasteiger partial charge is 0.354 e. The molecule has 0 saturated heterocycles. The zero-order valence-electron chi connectivity index (χ0n) is 16.2. The Kier molecular flexibility index (Phi) is 7.42. The number of aryl methyl sites for hydroxylation is 1. The highest BCUT2D eigenvalue weighted by Gasteiger charge is 2.22. The van der Waals surface area contributed by atoms with E-state index in [0.29, 0.717) is 18.2 Å². The van der Waals surface area contributed by atoms with Crippen LogP contribution in [0.15, 0.2) is 54.6 Å². The summed E-state index contributed by atoms with van der Waals surface area (Å²) >= 11 is 0. The smallest absolute Gasteiger partial charge is 0.240 e. The predicted octanol–water partition coefficient (Wildman–Crippen LogP) is 3.15. The van der Waals surface area contributed by atoms with Crippen molar-refractivity contribution in [1.29, 1.82) is 0 Å². The molecule has 0 heterocycles. The summed E-state index contributed by atoms with van der Waals surface area (Å²) in [5.41, 5.74) is 2.58. The quantitative estimate of drug-likeness (QED) is 0.718. The Morgan fingerprint density at radius 1 is 1.07 bits per heavy atom. The molecule has 1 N–H and O–H groups in total. The van der Waals surface area contributed by atoms with Gasteiger partial charge in [0.05, 0.1) is 11.9 Å². The third kappa shape index (κ3) is 6.40. The Morgan fingerprint density at radius 3 is 2.30 bits per heavy atom. The number of hydrogen-bond acceptors (Lipinski definition) is 3. The maximum Gasteiger partial charge on any atom is 0.240 e. The average molecular weight is 389 g/mol. The lowest BCUT2D eigenvalue weighted by atomic mass is 9.97. The molecule has 0 saturated carbocycles. The molecule has 0 aromatic heterocycles. The number of benzene rings is 2. The second kappa shape index (κ2) is 9.55. The first-order valence-corrected chi connectivity index (χ1v) is 11.0. The maximum atomic E-state index is 12.4. The Bertz CT molecular complexity index is 851. The minimum absolute atomic E-state index is 0.217. The van der Waals surface area contributed by atoms with Crippen LogP contribution in [-0.4, -0.2) is 33.7 Å². The van der Waals surface area contributed by atoms with Gasteiger partial charge in [0.1, 0.15) is 6.54 Å². The van der Waals surface area contributed by atoms with E-state index < -0.39 is 10.0 Å². The SMILES string of the molecule is CCC(CNC(=O)CN(c1ccccc1C)S(C)(=O)=O)Cc1ccccc1. The normalized spacial score (nSPS) is 12.4. The maximum absolute atomic E-state index is 12.4. The first kappa shape index (κ1) is 21.0. The molecule has 0 spiro atoms. The molecular formula is C21H28N2O3S. The van der Waals surface area contributed by atoms with Gasteiger partial charge in [-0.15, -0.1) is 0 Å². The summed E-state index contributed by atoms with van der Waals surface area (Å²) in [5, 5.41) is 2.90. The van der Waals surface area contributed by atoms with Crippen molar-refractivity contribution in [1.82, 2.24) is 5.32 Å². The van der Waals surface area contributed by atoms with Crippen LogP contribution in [0.1, 0.15) is 24.5 Å². The number of nitrogens with zero attached hydrogens (tertiary/aromatic N) is 1. The second-order valence-corrected chi connectivity index (χ2v) is 8.73. The minimum Gasteiger partial charge on any atom is -0.354 e. The Morgan fingerprint density at radius 2 is 1.70 bits per heavy atom. The monoisotopic (exact) mass is 388 g/mol. The van der Waals surface area contributed by atoms with Crippen molar-refractivity contribution in [2.45, 2.75) is 26.7 Å². The van der Waals surface area contributed by atoms with E-state index in [2.05, 4.69) is 24.4 Å². The topological polar surface area (TPSA) is 66.5 Å². The van der Waals surface area contributed by atoms with Gasteiger partial charge < -0.3 is 5.32 Å². The molecule has 0 radical (unpaired) electrons. The zero-order chi connectivity index (χ0) is 19.9. The van der Waals surface area contributed by atoms with Crippen molar-refractivity contribution < 1.29 is 13.2 Å². The lowest BCUT2D eigenvalue weighted by Gasteiger charge is -2.24. The van der Waals surface area contributed by atoms with Gasteiger partial charge in [0.2, 0.25) is 15.9 Å². The molecule has 5 nitrogen and oxygen atoms in total. The minimum atomic E-state index is -3.56. The standard InChI is InChI=1S/C21H28N2O3S/c1-4-18(14-19-11-6-5-7-12-19)15-22-21(24)16-23(27(3,25)26)20-13-9-8-10-17(20)2/h5-13,18H,4,14-16H2,1-3H3,(H,22,24). The predicted molar refractivity (Wildman–Crippen MR) is 110 cm³/mol. The van der Waals surface area contributed by atoms with Crippen molar-refractivity contribution in [2.24, 2.45) is 5.92 Å².